The number of ether oxygens (including phenoxy) is 1. The van der Waals surface area contributed by atoms with E-state index in [9.17, 15) is 0 Å². The van der Waals surface area contributed by atoms with Crippen LogP contribution in [0.2, 0.25) is 0 Å². The van der Waals surface area contributed by atoms with E-state index in [4.69, 9.17) is 4.74 Å². The summed E-state index contributed by atoms with van der Waals surface area (Å²) in [5.74, 6) is 0. The molecule has 84 valence electrons. The van der Waals surface area contributed by atoms with E-state index in [0.29, 0.717) is 0 Å². The lowest BCUT2D eigenvalue weighted by atomic mass is 10.2. The number of nitrogens with zero attached hydrogens (tertiary/aromatic N) is 1. The molecular weight excluding hydrogens is 222 g/mol. The Morgan fingerprint density at radius 2 is 2.50 bits per heavy atom. The largest absolute Gasteiger partial charge is 0.369 e. The molecule has 2 N–H and O–H groups in total. The van der Waals surface area contributed by atoms with Gasteiger partial charge in [-0.15, -0.1) is 11.3 Å². The number of H-pyrrole nitrogens is 1. The highest BCUT2D eigenvalue weighted by Crippen LogP contribution is 2.27. The van der Waals surface area contributed by atoms with E-state index in [1.54, 1.807) is 11.3 Å². The topological polar surface area (TPSA) is 49.9 Å². The minimum absolute atomic E-state index is 0.109. The summed E-state index contributed by atoms with van der Waals surface area (Å²) < 4.78 is 5.67. The van der Waals surface area contributed by atoms with E-state index in [2.05, 4.69) is 20.7 Å². The average molecular weight is 235 g/mol. The van der Waals surface area contributed by atoms with Crippen LogP contribution in [0.1, 0.15) is 11.8 Å². The van der Waals surface area contributed by atoms with Crippen molar-refractivity contribution in [3.05, 3.63) is 29.5 Å². The summed E-state index contributed by atoms with van der Waals surface area (Å²) in [6.07, 6.45) is 3.98. The first-order chi connectivity index (χ1) is 7.93. The first-order valence-corrected chi connectivity index (χ1v) is 6.22. The van der Waals surface area contributed by atoms with Gasteiger partial charge in [-0.05, 0) is 6.07 Å². The van der Waals surface area contributed by atoms with Crippen molar-refractivity contribution in [1.82, 2.24) is 15.3 Å². The van der Waals surface area contributed by atoms with Crippen LogP contribution in [-0.4, -0.2) is 29.7 Å². The summed E-state index contributed by atoms with van der Waals surface area (Å²) in [6.45, 7) is 2.56. The van der Waals surface area contributed by atoms with Crippen LogP contribution in [0.25, 0.3) is 10.6 Å². The van der Waals surface area contributed by atoms with Gasteiger partial charge >= 0.3 is 0 Å². The van der Waals surface area contributed by atoms with Gasteiger partial charge in [0.25, 0.3) is 0 Å². The second-order valence-electron chi connectivity index (χ2n) is 3.74. The predicted molar refractivity (Wildman–Crippen MR) is 63.5 cm³/mol. The normalized spacial score (nSPS) is 21.1. The summed E-state index contributed by atoms with van der Waals surface area (Å²) in [6, 6.07) is 2.03. The first kappa shape index (κ1) is 10.0. The molecule has 0 amide bonds. The average Bonchev–Trinajstić information content (AvgIpc) is 3.01. The van der Waals surface area contributed by atoms with Crippen molar-refractivity contribution in [3.8, 4) is 10.6 Å². The number of nitrogens with one attached hydrogen (secondary N) is 2. The quantitative estimate of drug-likeness (QED) is 0.834. The van der Waals surface area contributed by atoms with Crippen molar-refractivity contribution < 1.29 is 4.74 Å². The van der Waals surface area contributed by atoms with Crippen molar-refractivity contribution in [2.24, 2.45) is 0 Å². The molecule has 1 saturated heterocycles. The fourth-order valence-corrected chi connectivity index (χ4v) is 2.64. The van der Waals surface area contributed by atoms with Crippen molar-refractivity contribution in [3.63, 3.8) is 0 Å². The number of morpholine rings is 1. The van der Waals surface area contributed by atoms with Gasteiger partial charge in [0.15, 0.2) is 0 Å². The second-order valence-corrected chi connectivity index (χ2v) is 4.60. The second kappa shape index (κ2) is 4.37. The van der Waals surface area contributed by atoms with Crippen LogP contribution in [0.4, 0.5) is 0 Å². The molecule has 0 spiro atoms. The van der Waals surface area contributed by atoms with E-state index in [1.807, 2.05) is 18.5 Å². The lowest BCUT2D eigenvalue weighted by molar-refractivity contribution is 0.0254. The molecule has 16 heavy (non-hydrogen) atoms. The van der Waals surface area contributed by atoms with Crippen molar-refractivity contribution >= 4 is 11.3 Å². The van der Waals surface area contributed by atoms with Crippen molar-refractivity contribution in [1.29, 1.82) is 0 Å². The number of hydrogen-bond donors (Lipinski definition) is 2. The Labute approximate surface area is 97.7 Å². The predicted octanol–water partition coefficient (Wildman–Crippen LogP) is 1.80. The molecule has 1 fully saturated rings. The van der Waals surface area contributed by atoms with Gasteiger partial charge in [-0.2, -0.15) is 0 Å². The van der Waals surface area contributed by atoms with Gasteiger partial charge in [-0.1, -0.05) is 0 Å². The molecule has 0 radical (unpaired) electrons. The molecule has 3 rings (SSSR count). The van der Waals surface area contributed by atoms with E-state index >= 15 is 0 Å². The Kier molecular flexibility index (Phi) is 2.73. The summed E-state index contributed by atoms with van der Waals surface area (Å²) in [4.78, 5) is 7.65. The van der Waals surface area contributed by atoms with E-state index in [0.717, 1.165) is 36.0 Å². The van der Waals surface area contributed by atoms with Crippen LogP contribution >= 0.6 is 11.3 Å². The number of thiazole rings is 1. The molecule has 2 aromatic heterocycles. The maximum absolute atomic E-state index is 5.67. The van der Waals surface area contributed by atoms with Gasteiger partial charge in [0.1, 0.15) is 11.1 Å². The van der Waals surface area contributed by atoms with Crippen LogP contribution in [0.3, 0.4) is 0 Å². The zero-order valence-electron chi connectivity index (χ0n) is 8.77. The van der Waals surface area contributed by atoms with Gasteiger partial charge < -0.3 is 15.0 Å². The van der Waals surface area contributed by atoms with Gasteiger partial charge in [-0.25, -0.2) is 4.98 Å². The lowest BCUT2D eigenvalue weighted by Crippen LogP contribution is -2.33. The number of aromatic nitrogens is 2. The van der Waals surface area contributed by atoms with Gasteiger partial charge in [0.2, 0.25) is 0 Å². The number of aromatic amines is 1. The molecule has 5 heteroatoms. The van der Waals surface area contributed by atoms with Crippen LogP contribution in [0.15, 0.2) is 23.8 Å². The van der Waals surface area contributed by atoms with E-state index in [-0.39, 0.29) is 6.10 Å². The molecule has 0 bridgehead atoms. The Morgan fingerprint density at radius 3 is 3.25 bits per heavy atom. The summed E-state index contributed by atoms with van der Waals surface area (Å²) in [5, 5.41) is 6.44. The van der Waals surface area contributed by atoms with Gasteiger partial charge in [-0.3, -0.25) is 0 Å². The summed E-state index contributed by atoms with van der Waals surface area (Å²) >= 11 is 1.66. The third kappa shape index (κ3) is 1.89. The Bertz CT molecular complexity index is 446. The summed E-state index contributed by atoms with van der Waals surface area (Å²) in [5.41, 5.74) is 2.17. The van der Waals surface area contributed by atoms with Crippen LogP contribution in [0.5, 0.6) is 0 Å². The van der Waals surface area contributed by atoms with Crippen LogP contribution < -0.4 is 5.32 Å². The Morgan fingerprint density at radius 1 is 1.50 bits per heavy atom. The molecule has 0 aromatic carbocycles. The molecule has 1 atom stereocenters. The minimum Gasteiger partial charge on any atom is -0.369 e. The smallest absolute Gasteiger partial charge is 0.125 e. The highest BCUT2D eigenvalue weighted by atomic mass is 32.1. The van der Waals surface area contributed by atoms with Crippen molar-refractivity contribution in [2.45, 2.75) is 6.10 Å². The molecule has 1 aliphatic heterocycles. The molecular formula is C11H13N3OS. The lowest BCUT2D eigenvalue weighted by Gasteiger charge is -2.21. The van der Waals surface area contributed by atoms with Gasteiger partial charge in [0.05, 0.1) is 12.3 Å². The van der Waals surface area contributed by atoms with E-state index in [1.165, 1.54) is 0 Å². The highest BCUT2D eigenvalue weighted by Gasteiger charge is 2.18. The SMILES string of the molecule is c1cc(-c2nc(C3CNCCO3)cs2)c[nH]1. The zero-order valence-corrected chi connectivity index (χ0v) is 9.59. The maximum Gasteiger partial charge on any atom is 0.125 e. The molecule has 3 heterocycles. The number of hydrogen-bond acceptors (Lipinski definition) is 4. The maximum atomic E-state index is 5.67. The zero-order chi connectivity index (χ0) is 10.8. The fraction of sp³-hybridized carbons (Fsp3) is 0.364. The third-order valence-electron chi connectivity index (χ3n) is 2.62. The fourth-order valence-electron chi connectivity index (χ4n) is 1.78. The molecule has 0 saturated carbocycles. The third-order valence-corrected chi connectivity index (χ3v) is 3.53. The molecule has 0 aliphatic carbocycles. The van der Waals surface area contributed by atoms with Crippen molar-refractivity contribution in [2.75, 3.05) is 19.7 Å². The highest BCUT2D eigenvalue weighted by molar-refractivity contribution is 7.13. The van der Waals surface area contributed by atoms with Crippen LogP contribution in [0, 0.1) is 0 Å². The van der Waals surface area contributed by atoms with Gasteiger partial charge in [0, 0.05) is 36.4 Å². The Balaban J connectivity index is 1.82. The Hall–Kier alpha value is -1.17. The molecule has 1 unspecified atom stereocenters. The van der Waals surface area contributed by atoms with Crippen LogP contribution in [-0.2, 0) is 4.74 Å². The monoisotopic (exact) mass is 235 g/mol. The van der Waals surface area contributed by atoms with E-state index < -0.39 is 0 Å². The standard InChI is InChI=1S/C11H13N3OS/c1-2-12-5-8(1)11-14-9(7-16-11)10-6-13-3-4-15-10/h1-2,5,7,10,12-13H,3-4,6H2. The first-order valence-electron chi connectivity index (χ1n) is 5.34. The minimum atomic E-state index is 0.109. The summed E-state index contributed by atoms with van der Waals surface area (Å²) in [7, 11) is 0. The molecule has 2 aromatic rings. The molecule has 4 nitrogen and oxygen atoms in total. The molecule has 1 aliphatic rings. The number of rotatable bonds is 2.